The zero-order valence-electron chi connectivity index (χ0n) is 13.3. The number of para-hydroxylation sites is 1. The Kier molecular flexibility index (Phi) is 11.2. The quantitative estimate of drug-likeness (QED) is 0.688. The summed E-state index contributed by atoms with van der Waals surface area (Å²) in [6.07, 6.45) is 4.27. The number of benzene rings is 1. The van der Waals surface area contributed by atoms with Crippen LogP contribution < -0.4 is 11.1 Å². The van der Waals surface area contributed by atoms with Gasteiger partial charge >= 0.3 is 0 Å². The van der Waals surface area contributed by atoms with Crippen molar-refractivity contribution in [3.05, 3.63) is 29.3 Å². The van der Waals surface area contributed by atoms with Crippen LogP contribution in [-0.2, 0) is 11.2 Å². The molecule has 3 N–H and O–H groups in total. The zero-order chi connectivity index (χ0) is 15.1. The first-order chi connectivity index (χ1) is 10.1. The van der Waals surface area contributed by atoms with Crippen molar-refractivity contribution < 1.29 is 4.79 Å². The van der Waals surface area contributed by atoms with Crippen LogP contribution in [0, 0.1) is 0 Å². The van der Waals surface area contributed by atoms with Crippen molar-refractivity contribution in [2.24, 2.45) is 5.73 Å². The Labute approximate surface area is 154 Å². The molecule has 23 heavy (non-hydrogen) atoms. The zero-order valence-corrected chi connectivity index (χ0v) is 15.7. The number of halogens is 2. The Balaban J connectivity index is 0.00000242. The number of nitrogens with two attached hydrogens (primary N) is 1. The largest absolute Gasteiger partial charge is 0.356 e. The Bertz CT molecular complexity index is 556. The standard InChI is InChI=1S/C16H23N3OS.2ClH/c1-12(17)10-11-18-15(20)8-4-5-9-16-19-13-6-2-3-7-14(13)21-16;;/h2-3,6-7,12H,4-5,8-11,17H2,1H3,(H,18,20);2*1H. The SMILES string of the molecule is CC(N)CCNC(=O)CCCCc1nc2ccccc2s1.Cl.Cl. The van der Waals surface area contributed by atoms with Gasteiger partial charge in [-0.25, -0.2) is 4.98 Å². The van der Waals surface area contributed by atoms with E-state index in [0.717, 1.165) is 36.2 Å². The van der Waals surface area contributed by atoms with Gasteiger partial charge in [0.15, 0.2) is 0 Å². The predicted molar refractivity (Wildman–Crippen MR) is 103 cm³/mol. The first-order valence-corrected chi connectivity index (χ1v) is 8.33. The van der Waals surface area contributed by atoms with Gasteiger partial charge in [0.25, 0.3) is 0 Å². The highest BCUT2D eigenvalue weighted by Crippen LogP contribution is 2.22. The highest BCUT2D eigenvalue weighted by molar-refractivity contribution is 7.18. The van der Waals surface area contributed by atoms with Crippen LogP contribution in [0.25, 0.3) is 10.2 Å². The molecule has 4 nitrogen and oxygen atoms in total. The van der Waals surface area contributed by atoms with Crippen LogP contribution in [0.2, 0.25) is 0 Å². The first-order valence-electron chi connectivity index (χ1n) is 7.52. The molecular weight excluding hydrogens is 353 g/mol. The molecule has 1 aromatic heterocycles. The Morgan fingerprint density at radius 1 is 1.30 bits per heavy atom. The lowest BCUT2D eigenvalue weighted by Gasteiger charge is -2.06. The molecule has 0 aliphatic heterocycles. The Morgan fingerprint density at radius 2 is 2.04 bits per heavy atom. The molecule has 0 saturated carbocycles. The predicted octanol–water partition coefficient (Wildman–Crippen LogP) is 3.71. The van der Waals surface area contributed by atoms with E-state index in [9.17, 15) is 4.79 Å². The maximum Gasteiger partial charge on any atom is 0.219 e. The summed E-state index contributed by atoms with van der Waals surface area (Å²) in [6, 6.07) is 8.34. The van der Waals surface area contributed by atoms with Crippen LogP contribution in [0.1, 0.15) is 37.6 Å². The number of unbranched alkanes of at least 4 members (excludes halogenated alkanes) is 1. The number of rotatable bonds is 8. The molecule has 7 heteroatoms. The van der Waals surface area contributed by atoms with Crippen LogP contribution in [0.5, 0.6) is 0 Å². The third-order valence-corrected chi connectivity index (χ3v) is 4.40. The van der Waals surface area contributed by atoms with Gasteiger partial charge in [-0.3, -0.25) is 4.79 Å². The van der Waals surface area contributed by atoms with E-state index in [1.807, 2.05) is 25.1 Å². The average molecular weight is 378 g/mol. The summed E-state index contributed by atoms with van der Waals surface area (Å²) in [5.41, 5.74) is 6.71. The monoisotopic (exact) mass is 377 g/mol. The Morgan fingerprint density at radius 3 is 2.74 bits per heavy atom. The van der Waals surface area contributed by atoms with Crippen molar-refractivity contribution >= 4 is 52.3 Å². The molecule has 0 aliphatic rings. The molecule has 2 rings (SSSR count). The third-order valence-electron chi connectivity index (χ3n) is 3.30. The first kappa shape index (κ1) is 22.1. The fourth-order valence-corrected chi connectivity index (χ4v) is 3.13. The van der Waals surface area contributed by atoms with Crippen LogP contribution in [0.3, 0.4) is 0 Å². The van der Waals surface area contributed by atoms with Crippen molar-refractivity contribution in [3.63, 3.8) is 0 Å². The van der Waals surface area contributed by atoms with Crippen molar-refractivity contribution in [1.82, 2.24) is 10.3 Å². The summed E-state index contributed by atoms with van der Waals surface area (Å²) in [6.45, 7) is 2.62. The van der Waals surface area contributed by atoms with Gasteiger partial charge in [0.1, 0.15) is 0 Å². The summed E-state index contributed by atoms with van der Waals surface area (Å²) in [5, 5.41) is 4.06. The molecule has 0 bridgehead atoms. The number of carbonyl (C=O) groups is 1. The minimum atomic E-state index is 0. The van der Waals surface area contributed by atoms with E-state index < -0.39 is 0 Å². The summed E-state index contributed by atoms with van der Waals surface area (Å²) in [5.74, 6) is 0.125. The molecule has 1 amide bonds. The van der Waals surface area contributed by atoms with Crippen molar-refractivity contribution in [1.29, 1.82) is 0 Å². The summed E-state index contributed by atoms with van der Waals surface area (Å²) >= 11 is 1.75. The van der Waals surface area contributed by atoms with Crippen LogP contribution in [0.15, 0.2) is 24.3 Å². The van der Waals surface area contributed by atoms with Gasteiger partial charge in [0, 0.05) is 19.0 Å². The highest BCUT2D eigenvalue weighted by atomic mass is 35.5. The number of hydrogen-bond acceptors (Lipinski definition) is 4. The number of nitrogens with zero attached hydrogens (tertiary/aromatic N) is 1. The molecular formula is C16H25Cl2N3OS. The number of amides is 1. The summed E-state index contributed by atoms with van der Waals surface area (Å²) in [7, 11) is 0. The van der Waals surface area contributed by atoms with Crippen LogP contribution >= 0.6 is 36.2 Å². The number of carbonyl (C=O) groups excluding carboxylic acids is 1. The molecule has 0 saturated heterocycles. The lowest BCUT2D eigenvalue weighted by Crippen LogP contribution is -2.28. The van der Waals surface area contributed by atoms with Crippen molar-refractivity contribution in [2.75, 3.05) is 6.54 Å². The third kappa shape index (κ3) is 7.97. The van der Waals surface area contributed by atoms with E-state index in [4.69, 9.17) is 5.73 Å². The summed E-state index contributed by atoms with van der Waals surface area (Å²) < 4.78 is 1.24. The number of aryl methyl sites for hydroxylation is 1. The van der Waals surface area contributed by atoms with Gasteiger partial charge in [-0.1, -0.05) is 12.1 Å². The fraction of sp³-hybridized carbons (Fsp3) is 0.500. The topological polar surface area (TPSA) is 68.0 Å². The molecule has 1 heterocycles. The lowest BCUT2D eigenvalue weighted by atomic mass is 10.2. The van der Waals surface area contributed by atoms with Gasteiger partial charge in [0.2, 0.25) is 5.91 Å². The number of hydrogen-bond donors (Lipinski definition) is 2. The van der Waals surface area contributed by atoms with Gasteiger partial charge in [0.05, 0.1) is 15.2 Å². The number of aromatic nitrogens is 1. The number of fused-ring (bicyclic) bond motifs is 1. The maximum absolute atomic E-state index is 11.6. The molecule has 0 spiro atoms. The fourth-order valence-electron chi connectivity index (χ4n) is 2.12. The molecule has 2 aromatic rings. The Hall–Kier alpha value is -0.880. The van der Waals surface area contributed by atoms with Crippen molar-refractivity contribution in [3.8, 4) is 0 Å². The molecule has 0 aliphatic carbocycles. The van der Waals surface area contributed by atoms with E-state index in [-0.39, 0.29) is 36.8 Å². The van der Waals surface area contributed by atoms with Gasteiger partial charge in [-0.15, -0.1) is 36.2 Å². The van der Waals surface area contributed by atoms with Gasteiger partial charge in [-0.05, 0) is 44.7 Å². The molecule has 1 atom stereocenters. The minimum Gasteiger partial charge on any atom is -0.356 e. The number of nitrogens with one attached hydrogen (secondary N) is 1. The van der Waals surface area contributed by atoms with E-state index >= 15 is 0 Å². The molecule has 0 fully saturated rings. The molecule has 1 unspecified atom stereocenters. The number of thiazole rings is 1. The highest BCUT2D eigenvalue weighted by Gasteiger charge is 2.05. The minimum absolute atomic E-state index is 0. The van der Waals surface area contributed by atoms with E-state index in [1.54, 1.807) is 11.3 Å². The van der Waals surface area contributed by atoms with Gasteiger partial charge < -0.3 is 11.1 Å². The molecule has 0 radical (unpaired) electrons. The normalized spacial score (nSPS) is 11.4. The van der Waals surface area contributed by atoms with E-state index in [2.05, 4.69) is 16.4 Å². The van der Waals surface area contributed by atoms with E-state index in [0.29, 0.717) is 13.0 Å². The van der Waals surface area contributed by atoms with Gasteiger partial charge in [-0.2, -0.15) is 0 Å². The smallest absolute Gasteiger partial charge is 0.219 e. The molecule has 1 aromatic carbocycles. The molecule has 130 valence electrons. The maximum atomic E-state index is 11.6. The van der Waals surface area contributed by atoms with Crippen LogP contribution in [-0.4, -0.2) is 23.5 Å². The second-order valence-corrected chi connectivity index (χ2v) is 6.51. The lowest BCUT2D eigenvalue weighted by molar-refractivity contribution is -0.121. The van der Waals surface area contributed by atoms with Crippen LogP contribution in [0.4, 0.5) is 0 Å². The average Bonchev–Trinajstić information content (AvgIpc) is 2.86. The van der Waals surface area contributed by atoms with E-state index in [1.165, 1.54) is 4.70 Å². The summed E-state index contributed by atoms with van der Waals surface area (Å²) in [4.78, 5) is 16.2. The van der Waals surface area contributed by atoms with Crippen molar-refractivity contribution in [2.45, 2.75) is 45.1 Å². The second-order valence-electron chi connectivity index (χ2n) is 5.40. The second kappa shape index (κ2) is 11.6.